The molecule has 0 radical (unpaired) electrons. The van der Waals surface area contributed by atoms with Crippen molar-refractivity contribution < 1.29 is 18.9 Å². The van der Waals surface area contributed by atoms with E-state index in [1.54, 1.807) is 28.4 Å². The topological polar surface area (TPSA) is 36.9 Å². The lowest BCUT2D eigenvalue weighted by atomic mass is 10.3. The van der Waals surface area contributed by atoms with Crippen LogP contribution in [-0.2, 0) is 18.9 Å². The number of rotatable bonds is 19. The minimum Gasteiger partial charge on any atom is -0.358 e. The lowest BCUT2D eigenvalue weighted by molar-refractivity contribution is -0.149. The molecule has 0 aliphatic carbocycles. The molecule has 0 saturated carbocycles. The van der Waals surface area contributed by atoms with Crippen LogP contribution in [0.1, 0.15) is 39.5 Å². The van der Waals surface area contributed by atoms with Crippen molar-refractivity contribution in [1.29, 1.82) is 0 Å². The number of methoxy groups -OCH3 is 4. The van der Waals surface area contributed by atoms with Crippen molar-refractivity contribution in [2.75, 3.05) is 39.9 Å². The molecule has 0 unspecified atom stereocenters. The molecule has 158 valence electrons. The summed E-state index contributed by atoms with van der Waals surface area (Å²) in [4.78, 5) is 0. The summed E-state index contributed by atoms with van der Waals surface area (Å²) >= 11 is 0. The zero-order valence-electron chi connectivity index (χ0n) is 17.3. The smallest absolute Gasteiger partial charge is 0.144 e. The van der Waals surface area contributed by atoms with Crippen molar-refractivity contribution in [3.8, 4) is 0 Å². The van der Waals surface area contributed by atoms with Crippen LogP contribution in [0, 0.1) is 0 Å². The maximum atomic E-state index is 5.66. The Kier molecular flexibility index (Phi) is 18.7. The summed E-state index contributed by atoms with van der Waals surface area (Å²) in [6.45, 7) is 4.45. The minimum absolute atomic E-state index is 0.251. The second-order valence-corrected chi connectivity index (χ2v) is 17.5. The molecule has 26 heavy (non-hydrogen) atoms. The standard InChI is InChI=1S/C16H38O4S4Si2/c1-7-25-15(17-3,18-4)11-9-13-21-23-24-22-14-10-12-16(19-5,20-6)26-8-2/h7-14,25-26H2,1-6H3. The molecule has 0 amide bonds. The lowest BCUT2D eigenvalue weighted by Crippen LogP contribution is -2.40. The van der Waals surface area contributed by atoms with Crippen molar-refractivity contribution in [2.45, 2.75) is 62.4 Å². The highest BCUT2D eigenvalue weighted by Gasteiger charge is 2.28. The minimum atomic E-state index is -0.332. The highest BCUT2D eigenvalue weighted by Crippen LogP contribution is 2.44. The van der Waals surface area contributed by atoms with Crippen LogP contribution in [0.15, 0.2) is 0 Å². The molecule has 0 N–H and O–H groups in total. The summed E-state index contributed by atoms with van der Waals surface area (Å²) in [5.41, 5.74) is -0.502. The first-order valence-electron chi connectivity index (χ1n) is 9.36. The van der Waals surface area contributed by atoms with Gasteiger partial charge in [-0.2, -0.15) is 0 Å². The van der Waals surface area contributed by atoms with Gasteiger partial charge in [-0.1, -0.05) is 47.5 Å². The van der Waals surface area contributed by atoms with Gasteiger partial charge in [0.15, 0.2) is 0 Å². The Morgan fingerprint density at radius 1 is 0.654 bits per heavy atom. The van der Waals surface area contributed by atoms with E-state index in [2.05, 4.69) is 13.8 Å². The first kappa shape index (κ1) is 27.7. The van der Waals surface area contributed by atoms with Crippen LogP contribution in [0.4, 0.5) is 0 Å². The lowest BCUT2D eigenvalue weighted by Gasteiger charge is -2.30. The molecule has 0 heterocycles. The highest BCUT2D eigenvalue weighted by molar-refractivity contribution is 9.26. The Bertz CT molecular complexity index is 293. The average Bonchev–Trinajstić information content (AvgIpc) is 2.67. The van der Waals surface area contributed by atoms with Gasteiger partial charge in [-0.25, -0.2) is 0 Å². The van der Waals surface area contributed by atoms with Crippen LogP contribution < -0.4 is 0 Å². The largest absolute Gasteiger partial charge is 0.358 e. The third-order valence-electron chi connectivity index (χ3n) is 4.44. The molecule has 0 bridgehead atoms. The molecule has 0 aliphatic rings. The normalized spacial score (nSPS) is 13.6. The molecule has 10 heteroatoms. The van der Waals surface area contributed by atoms with Gasteiger partial charge < -0.3 is 18.9 Å². The Morgan fingerprint density at radius 3 is 1.27 bits per heavy atom. The predicted molar refractivity (Wildman–Crippen MR) is 130 cm³/mol. The van der Waals surface area contributed by atoms with Crippen LogP contribution in [0.2, 0.25) is 12.1 Å². The predicted octanol–water partition coefficient (Wildman–Crippen LogP) is 4.33. The molecule has 0 aromatic heterocycles. The number of ether oxygens (including phenoxy) is 4. The van der Waals surface area contributed by atoms with Crippen molar-refractivity contribution >= 4 is 60.3 Å². The van der Waals surface area contributed by atoms with Crippen molar-refractivity contribution in [2.24, 2.45) is 0 Å². The van der Waals surface area contributed by atoms with Crippen LogP contribution in [-0.4, -0.2) is 69.8 Å². The molecule has 0 fully saturated rings. The molecular formula is C16H38O4S4Si2. The third-order valence-corrected chi connectivity index (χ3v) is 15.5. The van der Waals surface area contributed by atoms with Gasteiger partial charge in [0.05, 0.1) is 19.0 Å². The molecule has 0 saturated heterocycles. The molecule has 0 spiro atoms. The maximum absolute atomic E-state index is 5.66. The summed E-state index contributed by atoms with van der Waals surface area (Å²) in [7, 11) is 14.1. The first-order valence-corrected chi connectivity index (χ1v) is 17.9. The van der Waals surface area contributed by atoms with Crippen molar-refractivity contribution in [3.05, 3.63) is 0 Å². The fourth-order valence-electron chi connectivity index (χ4n) is 2.90. The zero-order chi connectivity index (χ0) is 19.7. The maximum Gasteiger partial charge on any atom is 0.144 e. The molecule has 0 rings (SSSR count). The van der Waals surface area contributed by atoms with Gasteiger partial charge in [0.2, 0.25) is 0 Å². The molecular weight excluding hydrogens is 441 g/mol. The SMILES string of the molecule is CC[SiH2]C(CCCSSSSCCCC(OC)(OC)[SiH2]CC)(OC)OC. The van der Waals surface area contributed by atoms with E-state index in [1.165, 1.54) is 12.1 Å². The van der Waals surface area contributed by atoms with E-state index < -0.39 is 0 Å². The zero-order valence-corrected chi connectivity index (χ0v) is 23.4. The summed E-state index contributed by atoms with van der Waals surface area (Å²) in [5, 5.41) is 0. The van der Waals surface area contributed by atoms with Crippen molar-refractivity contribution in [1.82, 2.24) is 0 Å². The molecule has 4 nitrogen and oxygen atoms in total. The number of hydrogen-bond acceptors (Lipinski definition) is 8. The fourth-order valence-corrected chi connectivity index (χ4v) is 12.4. The van der Waals surface area contributed by atoms with E-state index in [4.69, 9.17) is 18.9 Å². The first-order chi connectivity index (χ1) is 12.6. The summed E-state index contributed by atoms with van der Waals surface area (Å²) in [6.07, 6.45) is 4.32. The second kappa shape index (κ2) is 17.5. The van der Waals surface area contributed by atoms with Gasteiger partial charge in [-0.05, 0) is 45.3 Å². The molecule has 0 atom stereocenters. The average molecular weight is 479 g/mol. The van der Waals surface area contributed by atoms with Gasteiger partial charge in [0.1, 0.15) is 10.8 Å². The van der Waals surface area contributed by atoms with Crippen LogP contribution >= 0.6 is 41.2 Å². The Morgan fingerprint density at radius 2 is 1.00 bits per heavy atom. The van der Waals surface area contributed by atoms with E-state index in [9.17, 15) is 0 Å². The van der Waals surface area contributed by atoms with Gasteiger partial charge >= 0.3 is 0 Å². The van der Waals surface area contributed by atoms with E-state index in [0.29, 0.717) is 0 Å². The third kappa shape index (κ3) is 11.6. The Labute approximate surface area is 181 Å². The van der Waals surface area contributed by atoms with Crippen LogP contribution in [0.5, 0.6) is 0 Å². The van der Waals surface area contributed by atoms with E-state index in [-0.39, 0.29) is 29.9 Å². The van der Waals surface area contributed by atoms with E-state index in [0.717, 1.165) is 37.2 Å². The summed E-state index contributed by atoms with van der Waals surface area (Å²) in [6, 6.07) is 2.43. The molecule has 0 aromatic carbocycles. The Balaban J connectivity index is 3.70. The summed E-state index contributed by atoms with van der Waals surface area (Å²) in [5.74, 6) is 2.28. The molecule has 0 aliphatic heterocycles. The van der Waals surface area contributed by atoms with E-state index in [1.807, 2.05) is 41.2 Å². The van der Waals surface area contributed by atoms with Gasteiger partial charge in [-0.15, -0.1) is 0 Å². The van der Waals surface area contributed by atoms with Crippen LogP contribution in [0.3, 0.4) is 0 Å². The quantitative estimate of drug-likeness (QED) is 0.117. The van der Waals surface area contributed by atoms with E-state index >= 15 is 0 Å². The van der Waals surface area contributed by atoms with Gasteiger partial charge in [0, 0.05) is 39.9 Å². The van der Waals surface area contributed by atoms with Gasteiger partial charge in [-0.3, -0.25) is 0 Å². The summed E-state index contributed by atoms with van der Waals surface area (Å²) < 4.78 is 22.6. The van der Waals surface area contributed by atoms with Crippen molar-refractivity contribution in [3.63, 3.8) is 0 Å². The highest BCUT2D eigenvalue weighted by atomic mass is 33.7. The van der Waals surface area contributed by atoms with Crippen LogP contribution in [0.25, 0.3) is 0 Å². The monoisotopic (exact) mass is 478 g/mol. The molecule has 0 aromatic rings. The Hall–Kier alpha value is 1.67. The number of hydrogen-bond donors (Lipinski definition) is 0. The fraction of sp³-hybridized carbons (Fsp3) is 1.00. The van der Waals surface area contributed by atoms with Gasteiger partial charge in [0.25, 0.3) is 0 Å². The second-order valence-electron chi connectivity index (χ2n) is 6.13.